The average molecular weight is 414 g/mol. The Morgan fingerprint density at radius 2 is 1.97 bits per heavy atom. The van der Waals surface area contributed by atoms with Crippen LogP contribution in [-0.2, 0) is 0 Å². The SMILES string of the molecule is CC#CC[C@@H](C)[C@H](O)C=C[C@@H]1[C@H]2CC(=CCCCCN3CCCCC3)C[C@H]2C[C@H]1O. The zero-order valence-electron chi connectivity index (χ0n) is 19.2. The summed E-state index contributed by atoms with van der Waals surface area (Å²) in [5, 5.41) is 21.0. The number of hydrogen-bond donors (Lipinski definition) is 2. The van der Waals surface area contributed by atoms with Gasteiger partial charge in [-0.05, 0) is 95.7 Å². The van der Waals surface area contributed by atoms with E-state index in [0.717, 1.165) is 12.8 Å². The molecule has 0 aromatic rings. The second-order valence-electron chi connectivity index (χ2n) is 9.96. The van der Waals surface area contributed by atoms with Crippen LogP contribution in [0, 0.1) is 35.5 Å². The van der Waals surface area contributed by atoms with Gasteiger partial charge < -0.3 is 15.1 Å². The maximum absolute atomic E-state index is 10.6. The number of hydrogen-bond acceptors (Lipinski definition) is 3. The van der Waals surface area contributed by atoms with E-state index in [-0.39, 0.29) is 17.9 Å². The number of allylic oxidation sites excluding steroid dienone is 2. The first-order valence-corrected chi connectivity index (χ1v) is 12.4. The number of aliphatic hydroxyl groups excluding tert-OH is 2. The first-order valence-electron chi connectivity index (χ1n) is 12.4. The van der Waals surface area contributed by atoms with Crippen molar-refractivity contribution in [2.45, 2.75) is 90.3 Å². The van der Waals surface area contributed by atoms with Crippen LogP contribution >= 0.6 is 0 Å². The molecule has 2 aliphatic carbocycles. The fourth-order valence-electron chi connectivity index (χ4n) is 5.72. The Hall–Kier alpha value is -1.08. The van der Waals surface area contributed by atoms with Crippen molar-refractivity contribution in [3.05, 3.63) is 23.8 Å². The molecule has 0 aromatic heterocycles. The Bertz CT molecular complexity index is 637. The third-order valence-electron chi connectivity index (χ3n) is 7.64. The molecule has 0 bridgehead atoms. The molecule has 6 atom stereocenters. The summed E-state index contributed by atoms with van der Waals surface area (Å²) < 4.78 is 0. The summed E-state index contributed by atoms with van der Waals surface area (Å²) in [5.74, 6) is 7.45. The van der Waals surface area contributed by atoms with Gasteiger partial charge in [0.05, 0.1) is 12.2 Å². The molecule has 3 fully saturated rings. The molecule has 1 aliphatic heterocycles. The summed E-state index contributed by atoms with van der Waals surface area (Å²) in [7, 11) is 0. The lowest BCUT2D eigenvalue weighted by atomic mass is 9.89. The van der Waals surface area contributed by atoms with Crippen molar-refractivity contribution in [3.63, 3.8) is 0 Å². The number of nitrogens with zero attached hydrogens (tertiary/aromatic N) is 1. The predicted octanol–water partition coefficient (Wildman–Crippen LogP) is 4.94. The number of fused-ring (bicyclic) bond motifs is 1. The highest BCUT2D eigenvalue weighted by atomic mass is 16.3. The molecule has 1 saturated heterocycles. The topological polar surface area (TPSA) is 43.7 Å². The minimum Gasteiger partial charge on any atom is -0.392 e. The first kappa shape index (κ1) is 23.6. The van der Waals surface area contributed by atoms with Crippen LogP contribution in [0.2, 0.25) is 0 Å². The highest BCUT2D eigenvalue weighted by Crippen LogP contribution is 2.50. The van der Waals surface area contributed by atoms with Crippen molar-refractivity contribution in [1.82, 2.24) is 4.90 Å². The standard InChI is InChI=1S/C27H43NO2/c1-3-4-11-21(2)26(29)14-13-24-25-19-22(18-23(25)20-27(24)30)12-7-5-8-15-28-16-9-6-10-17-28/h12-14,21,23-27,29-30H,5-11,15-20H2,1-2H3/t21-,23+,24-,25+,26-,27-/m1/s1. The van der Waals surface area contributed by atoms with E-state index in [1.165, 1.54) is 64.6 Å². The van der Waals surface area contributed by atoms with Crippen molar-refractivity contribution in [2.75, 3.05) is 19.6 Å². The first-order chi connectivity index (χ1) is 14.6. The molecule has 30 heavy (non-hydrogen) atoms. The van der Waals surface area contributed by atoms with E-state index in [1.807, 2.05) is 19.9 Å². The Labute approximate surface area is 184 Å². The third kappa shape index (κ3) is 6.71. The maximum atomic E-state index is 10.6. The number of rotatable bonds is 9. The molecular formula is C27H43NO2. The van der Waals surface area contributed by atoms with Crippen LogP contribution in [0.25, 0.3) is 0 Å². The van der Waals surface area contributed by atoms with E-state index < -0.39 is 6.10 Å². The van der Waals surface area contributed by atoms with Gasteiger partial charge in [0.2, 0.25) is 0 Å². The Kier molecular flexibility index (Phi) is 9.50. The normalized spacial score (nSPS) is 32.9. The second kappa shape index (κ2) is 12.1. The third-order valence-corrected chi connectivity index (χ3v) is 7.64. The van der Waals surface area contributed by atoms with E-state index in [2.05, 4.69) is 28.9 Å². The van der Waals surface area contributed by atoms with Crippen molar-refractivity contribution in [3.8, 4) is 11.8 Å². The molecular weight excluding hydrogens is 370 g/mol. The quantitative estimate of drug-likeness (QED) is 0.320. The summed E-state index contributed by atoms with van der Waals surface area (Å²) >= 11 is 0. The highest BCUT2D eigenvalue weighted by Gasteiger charge is 2.44. The molecule has 168 valence electrons. The molecule has 3 nitrogen and oxygen atoms in total. The lowest BCUT2D eigenvalue weighted by Crippen LogP contribution is -2.30. The van der Waals surface area contributed by atoms with Gasteiger partial charge in [0.1, 0.15) is 0 Å². The Morgan fingerprint density at radius 1 is 1.17 bits per heavy atom. The molecule has 0 amide bonds. The van der Waals surface area contributed by atoms with Crippen LogP contribution < -0.4 is 0 Å². The van der Waals surface area contributed by atoms with Crippen LogP contribution in [0.3, 0.4) is 0 Å². The summed E-state index contributed by atoms with van der Waals surface area (Å²) in [6.07, 6.45) is 17.7. The average Bonchev–Trinajstić information content (AvgIpc) is 3.27. The molecule has 3 aliphatic rings. The minimum atomic E-state index is -0.478. The van der Waals surface area contributed by atoms with Gasteiger partial charge in [0.25, 0.3) is 0 Å². The molecule has 1 heterocycles. The number of unbranched alkanes of at least 4 members (excludes halogenated alkanes) is 2. The smallest absolute Gasteiger partial charge is 0.0755 e. The largest absolute Gasteiger partial charge is 0.392 e. The summed E-state index contributed by atoms with van der Waals surface area (Å²) in [5.41, 5.74) is 1.61. The van der Waals surface area contributed by atoms with Crippen LogP contribution in [0.15, 0.2) is 23.8 Å². The van der Waals surface area contributed by atoms with Crippen molar-refractivity contribution >= 4 is 0 Å². The molecule has 0 aromatic carbocycles. The van der Waals surface area contributed by atoms with Gasteiger partial charge in [0, 0.05) is 12.3 Å². The van der Waals surface area contributed by atoms with Crippen LogP contribution in [0.1, 0.15) is 78.1 Å². The fraction of sp³-hybridized carbons (Fsp3) is 0.778. The van der Waals surface area contributed by atoms with E-state index in [4.69, 9.17) is 0 Å². The van der Waals surface area contributed by atoms with E-state index in [9.17, 15) is 10.2 Å². The lowest BCUT2D eigenvalue weighted by molar-refractivity contribution is 0.137. The minimum absolute atomic E-state index is 0.131. The Balaban J connectivity index is 1.42. The highest BCUT2D eigenvalue weighted by molar-refractivity contribution is 5.18. The summed E-state index contributed by atoms with van der Waals surface area (Å²) in [4.78, 5) is 2.64. The van der Waals surface area contributed by atoms with E-state index >= 15 is 0 Å². The second-order valence-corrected chi connectivity index (χ2v) is 9.96. The summed E-state index contributed by atoms with van der Waals surface area (Å²) in [6.45, 7) is 7.76. The van der Waals surface area contributed by atoms with E-state index in [0.29, 0.717) is 18.3 Å². The molecule has 3 heteroatoms. The number of piperidine rings is 1. The summed E-state index contributed by atoms with van der Waals surface area (Å²) in [6, 6.07) is 0. The zero-order valence-corrected chi connectivity index (χ0v) is 19.2. The van der Waals surface area contributed by atoms with Gasteiger partial charge in [-0.25, -0.2) is 0 Å². The molecule has 0 spiro atoms. The lowest BCUT2D eigenvalue weighted by Gasteiger charge is -2.26. The van der Waals surface area contributed by atoms with Crippen LogP contribution in [0.5, 0.6) is 0 Å². The maximum Gasteiger partial charge on any atom is 0.0755 e. The monoisotopic (exact) mass is 413 g/mol. The van der Waals surface area contributed by atoms with Crippen LogP contribution in [-0.4, -0.2) is 47.0 Å². The Morgan fingerprint density at radius 3 is 2.73 bits per heavy atom. The van der Waals surface area contributed by atoms with Crippen molar-refractivity contribution < 1.29 is 10.2 Å². The van der Waals surface area contributed by atoms with Gasteiger partial charge in [-0.15, -0.1) is 11.8 Å². The van der Waals surface area contributed by atoms with E-state index in [1.54, 1.807) is 5.57 Å². The van der Waals surface area contributed by atoms with Gasteiger partial charge in [-0.2, -0.15) is 0 Å². The molecule has 0 radical (unpaired) electrons. The molecule has 3 rings (SSSR count). The van der Waals surface area contributed by atoms with Crippen LogP contribution in [0.4, 0.5) is 0 Å². The fourth-order valence-corrected chi connectivity index (χ4v) is 5.72. The predicted molar refractivity (Wildman–Crippen MR) is 125 cm³/mol. The molecule has 2 N–H and O–H groups in total. The zero-order chi connectivity index (χ0) is 21.3. The molecule has 0 unspecified atom stereocenters. The number of likely N-dealkylation sites (tertiary alicyclic amines) is 1. The van der Waals surface area contributed by atoms with Crippen molar-refractivity contribution in [2.24, 2.45) is 23.7 Å². The molecule has 2 saturated carbocycles. The van der Waals surface area contributed by atoms with Gasteiger partial charge >= 0.3 is 0 Å². The van der Waals surface area contributed by atoms with Gasteiger partial charge in [-0.1, -0.05) is 37.1 Å². The van der Waals surface area contributed by atoms with Gasteiger partial charge in [0.15, 0.2) is 0 Å². The van der Waals surface area contributed by atoms with Gasteiger partial charge in [-0.3, -0.25) is 0 Å². The number of aliphatic hydroxyl groups is 2. The van der Waals surface area contributed by atoms with Crippen molar-refractivity contribution in [1.29, 1.82) is 0 Å².